The van der Waals surface area contributed by atoms with E-state index >= 15 is 0 Å². The summed E-state index contributed by atoms with van der Waals surface area (Å²) in [5.41, 5.74) is 2.39. The molecule has 7 nitrogen and oxygen atoms in total. The minimum atomic E-state index is 0.736. The molecule has 0 aliphatic carbocycles. The van der Waals surface area contributed by atoms with Crippen LogP contribution >= 0.6 is 0 Å². The summed E-state index contributed by atoms with van der Waals surface area (Å²) in [4.78, 5) is 16.7. The quantitative estimate of drug-likeness (QED) is 0.766. The van der Waals surface area contributed by atoms with Crippen molar-refractivity contribution < 1.29 is 4.74 Å². The number of aryl methyl sites for hydroxylation is 1. The molecular weight excluding hydrogens is 364 g/mol. The number of nitrogens with one attached hydrogen (secondary N) is 1. The van der Waals surface area contributed by atoms with E-state index in [4.69, 9.17) is 9.72 Å². The summed E-state index contributed by atoms with van der Waals surface area (Å²) >= 11 is 0. The van der Waals surface area contributed by atoms with Crippen molar-refractivity contribution in [3.05, 3.63) is 47.7 Å². The molecule has 1 aromatic carbocycles. The molecule has 1 aromatic heterocycles. The van der Waals surface area contributed by atoms with Gasteiger partial charge in [-0.25, -0.2) is 4.98 Å². The molecule has 0 atom stereocenters. The van der Waals surface area contributed by atoms with Crippen LogP contribution < -0.4 is 10.2 Å². The highest BCUT2D eigenvalue weighted by Gasteiger charge is 2.19. The van der Waals surface area contributed by atoms with Crippen molar-refractivity contribution in [2.24, 2.45) is 0 Å². The van der Waals surface area contributed by atoms with Gasteiger partial charge in [-0.2, -0.15) is 4.98 Å². The monoisotopic (exact) mass is 396 g/mol. The fraction of sp³-hybridized carbons (Fsp3) is 0.545. The van der Waals surface area contributed by atoms with E-state index in [1.807, 2.05) is 6.92 Å². The van der Waals surface area contributed by atoms with Crippen molar-refractivity contribution in [1.82, 2.24) is 19.8 Å². The average Bonchev–Trinajstić information content (AvgIpc) is 2.75. The topological polar surface area (TPSA) is 56.8 Å². The van der Waals surface area contributed by atoms with E-state index in [0.29, 0.717) is 0 Å². The van der Waals surface area contributed by atoms with Crippen LogP contribution in [0, 0.1) is 6.92 Å². The summed E-state index contributed by atoms with van der Waals surface area (Å²) in [5.74, 6) is 1.77. The van der Waals surface area contributed by atoms with Gasteiger partial charge in [0.05, 0.1) is 13.2 Å². The molecule has 2 aliphatic heterocycles. The largest absolute Gasteiger partial charge is 0.379 e. The van der Waals surface area contributed by atoms with Crippen LogP contribution in [-0.2, 0) is 11.3 Å². The van der Waals surface area contributed by atoms with E-state index in [0.717, 1.165) is 89.6 Å². The van der Waals surface area contributed by atoms with Crippen molar-refractivity contribution in [3.8, 4) is 0 Å². The van der Waals surface area contributed by atoms with Crippen molar-refractivity contribution in [2.75, 3.05) is 75.8 Å². The molecule has 3 heterocycles. The summed E-state index contributed by atoms with van der Waals surface area (Å²) in [6.07, 6.45) is 0. The third kappa shape index (κ3) is 5.88. The minimum absolute atomic E-state index is 0.736. The van der Waals surface area contributed by atoms with Gasteiger partial charge in [0.15, 0.2) is 0 Å². The highest BCUT2D eigenvalue weighted by molar-refractivity contribution is 5.45. The Morgan fingerprint density at radius 3 is 2.45 bits per heavy atom. The van der Waals surface area contributed by atoms with Crippen molar-refractivity contribution in [3.63, 3.8) is 0 Å². The molecule has 7 heteroatoms. The standard InChI is InChI=1S/C22H32N6O/c1-19-17-21(25-22(24-19)23-7-8-26-13-15-29-16-14-26)28-11-9-27(10-12-28)18-20-5-3-2-4-6-20/h2-6,17H,7-16,18H2,1H3,(H,23,24,25). The lowest BCUT2D eigenvalue weighted by Gasteiger charge is -2.35. The number of aromatic nitrogens is 2. The van der Waals surface area contributed by atoms with Gasteiger partial charge in [0, 0.05) is 70.7 Å². The number of hydrogen-bond donors (Lipinski definition) is 1. The second-order valence-corrected chi connectivity index (χ2v) is 7.82. The summed E-state index contributed by atoms with van der Waals surface area (Å²) in [7, 11) is 0. The highest BCUT2D eigenvalue weighted by atomic mass is 16.5. The van der Waals surface area contributed by atoms with Crippen LogP contribution in [0.4, 0.5) is 11.8 Å². The first-order valence-electron chi connectivity index (χ1n) is 10.7. The third-order valence-electron chi connectivity index (χ3n) is 5.60. The molecule has 2 aliphatic rings. The average molecular weight is 397 g/mol. The van der Waals surface area contributed by atoms with Crippen LogP contribution in [0.25, 0.3) is 0 Å². The van der Waals surface area contributed by atoms with Gasteiger partial charge >= 0.3 is 0 Å². The lowest BCUT2D eigenvalue weighted by atomic mass is 10.2. The first-order valence-corrected chi connectivity index (χ1v) is 10.7. The first kappa shape index (κ1) is 20.1. The molecule has 0 spiro atoms. The second-order valence-electron chi connectivity index (χ2n) is 7.82. The lowest BCUT2D eigenvalue weighted by Crippen LogP contribution is -2.46. The van der Waals surface area contributed by atoms with E-state index in [2.05, 4.69) is 61.4 Å². The van der Waals surface area contributed by atoms with Crippen LogP contribution in [0.3, 0.4) is 0 Å². The molecule has 2 aromatic rings. The van der Waals surface area contributed by atoms with Crippen molar-refractivity contribution in [2.45, 2.75) is 13.5 Å². The Morgan fingerprint density at radius 1 is 0.931 bits per heavy atom. The van der Waals surface area contributed by atoms with Crippen LogP contribution in [-0.4, -0.2) is 85.3 Å². The number of benzene rings is 1. The lowest BCUT2D eigenvalue weighted by molar-refractivity contribution is 0.0398. The normalized spacial score (nSPS) is 18.7. The van der Waals surface area contributed by atoms with Gasteiger partial charge in [0.2, 0.25) is 5.95 Å². The van der Waals surface area contributed by atoms with E-state index in [-0.39, 0.29) is 0 Å². The zero-order valence-corrected chi connectivity index (χ0v) is 17.4. The predicted molar refractivity (Wildman–Crippen MR) is 116 cm³/mol. The molecule has 156 valence electrons. The molecule has 2 fully saturated rings. The summed E-state index contributed by atoms with van der Waals surface area (Å²) in [5, 5.41) is 3.41. The molecule has 0 amide bonds. The molecule has 0 radical (unpaired) electrons. The zero-order valence-electron chi connectivity index (χ0n) is 17.4. The maximum atomic E-state index is 5.41. The minimum Gasteiger partial charge on any atom is -0.379 e. The van der Waals surface area contributed by atoms with Gasteiger partial charge in [-0.3, -0.25) is 9.80 Å². The zero-order chi connectivity index (χ0) is 19.9. The fourth-order valence-corrected chi connectivity index (χ4v) is 3.92. The van der Waals surface area contributed by atoms with Gasteiger partial charge in [-0.15, -0.1) is 0 Å². The molecule has 29 heavy (non-hydrogen) atoms. The Kier molecular flexibility index (Phi) is 6.92. The fourth-order valence-electron chi connectivity index (χ4n) is 3.92. The van der Waals surface area contributed by atoms with Gasteiger partial charge < -0.3 is 15.0 Å². The molecular formula is C22H32N6O. The van der Waals surface area contributed by atoms with Crippen LogP contribution in [0.5, 0.6) is 0 Å². The van der Waals surface area contributed by atoms with Crippen LogP contribution in [0.1, 0.15) is 11.3 Å². The Bertz CT molecular complexity index is 757. The number of nitrogens with zero attached hydrogens (tertiary/aromatic N) is 5. The van der Waals surface area contributed by atoms with Crippen molar-refractivity contribution in [1.29, 1.82) is 0 Å². The Hall–Kier alpha value is -2.22. The summed E-state index contributed by atoms with van der Waals surface area (Å²) in [6.45, 7) is 12.7. The Balaban J connectivity index is 1.28. The maximum Gasteiger partial charge on any atom is 0.224 e. The van der Waals surface area contributed by atoms with Crippen LogP contribution in [0.2, 0.25) is 0 Å². The number of hydrogen-bond acceptors (Lipinski definition) is 7. The highest BCUT2D eigenvalue weighted by Crippen LogP contribution is 2.18. The van der Waals surface area contributed by atoms with Gasteiger partial charge in [0.1, 0.15) is 5.82 Å². The number of piperazine rings is 1. The third-order valence-corrected chi connectivity index (χ3v) is 5.60. The number of ether oxygens (including phenoxy) is 1. The molecule has 4 rings (SSSR count). The second kappa shape index (κ2) is 10.0. The SMILES string of the molecule is Cc1cc(N2CCN(Cc3ccccc3)CC2)nc(NCCN2CCOCC2)n1. The predicted octanol–water partition coefficient (Wildman–Crippen LogP) is 1.85. The van der Waals surface area contributed by atoms with Crippen molar-refractivity contribution >= 4 is 11.8 Å². The van der Waals surface area contributed by atoms with E-state index in [1.165, 1.54) is 5.56 Å². The van der Waals surface area contributed by atoms with Gasteiger partial charge in [0.25, 0.3) is 0 Å². The van der Waals surface area contributed by atoms with Crippen LogP contribution in [0.15, 0.2) is 36.4 Å². The van der Waals surface area contributed by atoms with E-state index < -0.39 is 0 Å². The molecule has 0 saturated carbocycles. The molecule has 0 unspecified atom stereocenters. The Labute approximate surface area is 173 Å². The van der Waals surface area contributed by atoms with E-state index in [1.54, 1.807) is 0 Å². The number of anilines is 2. The summed E-state index contributed by atoms with van der Waals surface area (Å²) in [6, 6.07) is 12.8. The molecule has 0 bridgehead atoms. The number of rotatable bonds is 7. The molecule has 1 N–H and O–H groups in total. The first-order chi connectivity index (χ1) is 14.3. The summed E-state index contributed by atoms with van der Waals surface area (Å²) < 4.78 is 5.41. The Morgan fingerprint density at radius 2 is 1.69 bits per heavy atom. The van der Waals surface area contributed by atoms with Gasteiger partial charge in [-0.05, 0) is 12.5 Å². The molecule has 2 saturated heterocycles. The number of morpholine rings is 1. The van der Waals surface area contributed by atoms with Gasteiger partial charge in [-0.1, -0.05) is 30.3 Å². The maximum absolute atomic E-state index is 5.41. The van der Waals surface area contributed by atoms with E-state index in [9.17, 15) is 0 Å². The smallest absolute Gasteiger partial charge is 0.224 e.